The van der Waals surface area contributed by atoms with Gasteiger partial charge in [-0.3, -0.25) is 14.3 Å². The molecular formula is C19H25N5O3. The zero-order valence-corrected chi connectivity index (χ0v) is 15.6. The number of nitrogens with one attached hydrogen (secondary N) is 1. The summed E-state index contributed by atoms with van der Waals surface area (Å²) in [5.74, 6) is 0.908. The Balaban J connectivity index is 1.38. The van der Waals surface area contributed by atoms with Crippen LogP contribution in [0.4, 0.5) is 0 Å². The van der Waals surface area contributed by atoms with Crippen molar-refractivity contribution in [2.24, 2.45) is 5.92 Å². The Kier molecular flexibility index (Phi) is 4.96. The molecule has 0 bridgehead atoms. The highest BCUT2D eigenvalue weighted by Gasteiger charge is 2.30. The van der Waals surface area contributed by atoms with Crippen molar-refractivity contribution in [2.45, 2.75) is 58.7 Å². The second kappa shape index (κ2) is 7.54. The van der Waals surface area contributed by atoms with Gasteiger partial charge in [-0.2, -0.15) is 5.10 Å². The predicted molar refractivity (Wildman–Crippen MR) is 96.7 cm³/mol. The molecule has 0 radical (unpaired) electrons. The fourth-order valence-electron chi connectivity index (χ4n) is 3.56. The maximum atomic E-state index is 12.6. The number of rotatable bonds is 5. The van der Waals surface area contributed by atoms with E-state index >= 15 is 0 Å². The normalized spacial score (nSPS) is 17.1. The molecule has 8 nitrogen and oxygen atoms in total. The molecule has 1 N–H and O–H groups in total. The summed E-state index contributed by atoms with van der Waals surface area (Å²) in [5.41, 5.74) is 2.10. The van der Waals surface area contributed by atoms with E-state index in [1.807, 2.05) is 22.6 Å². The van der Waals surface area contributed by atoms with Crippen LogP contribution in [-0.4, -0.2) is 38.2 Å². The Bertz CT molecular complexity index is 836. The fourth-order valence-corrected chi connectivity index (χ4v) is 3.56. The van der Waals surface area contributed by atoms with E-state index < -0.39 is 0 Å². The number of aryl methyl sites for hydroxylation is 2. The van der Waals surface area contributed by atoms with Gasteiger partial charge < -0.3 is 14.7 Å². The number of hydrogen-bond donors (Lipinski definition) is 1. The number of aromatic nitrogens is 3. The molecule has 2 aromatic heterocycles. The van der Waals surface area contributed by atoms with Gasteiger partial charge in [0.15, 0.2) is 5.69 Å². The van der Waals surface area contributed by atoms with Gasteiger partial charge in [0.05, 0.1) is 24.5 Å². The summed E-state index contributed by atoms with van der Waals surface area (Å²) in [6.45, 7) is 4.44. The first-order valence-corrected chi connectivity index (χ1v) is 9.72. The van der Waals surface area contributed by atoms with Crippen molar-refractivity contribution in [1.29, 1.82) is 0 Å². The van der Waals surface area contributed by atoms with Gasteiger partial charge in [0.1, 0.15) is 5.76 Å². The lowest BCUT2D eigenvalue weighted by molar-refractivity contribution is -0.138. The molecule has 0 spiro atoms. The Hall–Kier alpha value is -2.64. The van der Waals surface area contributed by atoms with Crippen molar-refractivity contribution < 1.29 is 14.1 Å². The first-order chi connectivity index (χ1) is 13.1. The largest absolute Gasteiger partial charge is 0.361 e. The molecular weight excluding hydrogens is 346 g/mol. The zero-order chi connectivity index (χ0) is 18.8. The molecule has 144 valence electrons. The van der Waals surface area contributed by atoms with Crippen molar-refractivity contribution in [1.82, 2.24) is 25.2 Å². The second-order valence-corrected chi connectivity index (χ2v) is 7.31. The van der Waals surface area contributed by atoms with Crippen LogP contribution in [0.25, 0.3) is 0 Å². The first kappa shape index (κ1) is 17.8. The summed E-state index contributed by atoms with van der Waals surface area (Å²) in [4.78, 5) is 26.7. The summed E-state index contributed by atoms with van der Waals surface area (Å²) in [6, 6.07) is 3.63. The van der Waals surface area contributed by atoms with Gasteiger partial charge in [0.25, 0.3) is 5.91 Å². The third-order valence-corrected chi connectivity index (χ3v) is 5.40. The summed E-state index contributed by atoms with van der Waals surface area (Å²) in [5, 5.41) is 11.2. The SMILES string of the molecule is CCc1cc(C(=O)NCc2cc3n(n2)CCCN(C(=O)C2CCC2)C3)no1. The van der Waals surface area contributed by atoms with Gasteiger partial charge in [0.2, 0.25) is 5.91 Å². The van der Waals surface area contributed by atoms with Crippen LogP contribution in [0.5, 0.6) is 0 Å². The zero-order valence-electron chi connectivity index (χ0n) is 15.6. The molecule has 3 heterocycles. The van der Waals surface area contributed by atoms with Gasteiger partial charge in [-0.1, -0.05) is 18.5 Å². The van der Waals surface area contributed by atoms with Crippen LogP contribution in [0.1, 0.15) is 60.2 Å². The van der Waals surface area contributed by atoms with E-state index in [0.717, 1.165) is 50.2 Å². The second-order valence-electron chi connectivity index (χ2n) is 7.31. The van der Waals surface area contributed by atoms with E-state index in [0.29, 0.717) is 25.3 Å². The molecule has 0 saturated heterocycles. The Morgan fingerprint density at radius 2 is 2.11 bits per heavy atom. The van der Waals surface area contributed by atoms with E-state index in [-0.39, 0.29) is 23.4 Å². The highest BCUT2D eigenvalue weighted by atomic mass is 16.5. The van der Waals surface area contributed by atoms with Gasteiger partial charge >= 0.3 is 0 Å². The van der Waals surface area contributed by atoms with Crippen molar-refractivity contribution in [3.63, 3.8) is 0 Å². The smallest absolute Gasteiger partial charge is 0.273 e. The molecule has 0 atom stereocenters. The standard InChI is InChI=1S/C19H25N5O3/c1-2-16-10-17(22-27-16)18(25)20-11-14-9-15-12-23(7-4-8-24(15)21-14)19(26)13-5-3-6-13/h9-10,13H,2-8,11-12H2,1H3,(H,20,25). The summed E-state index contributed by atoms with van der Waals surface area (Å²) in [6.07, 6.45) is 4.81. The average molecular weight is 371 g/mol. The average Bonchev–Trinajstić information content (AvgIpc) is 3.20. The number of fused-ring (bicyclic) bond motifs is 1. The molecule has 27 heavy (non-hydrogen) atoms. The van der Waals surface area contributed by atoms with Crippen LogP contribution in [-0.2, 0) is 30.8 Å². The van der Waals surface area contributed by atoms with Crippen LogP contribution < -0.4 is 5.32 Å². The molecule has 2 amide bonds. The lowest BCUT2D eigenvalue weighted by Crippen LogP contribution is -2.38. The molecule has 1 saturated carbocycles. The molecule has 1 aliphatic heterocycles. The van der Waals surface area contributed by atoms with Crippen LogP contribution in [0.15, 0.2) is 16.7 Å². The maximum Gasteiger partial charge on any atom is 0.273 e. The van der Waals surface area contributed by atoms with Crippen molar-refractivity contribution in [3.05, 3.63) is 35.0 Å². The Morgan fingerprint density at radius 3 is 2.81 bits per heavy atom. The van der Waals surface area contributed by atoms with Crippen LogP contribution >= 0.6 is 0 Å². The van der Waals surface area contributed by atoms with E-state index in [9.17, 15) is 9.59 Å². The molecule has 2 aromatic rings. The fraction of sp³-hybridized carbons (Fsp3) is 0.579. The molecule has 4 rings (SSSR count). The van der Waals surface area contributed by atoms with E-state index in [2.05, 4.69) is 15.6 Å². The lowest BCUT2D eigenvalue weighted by Gasteiger charge is -2.30. The van der Waals surface area contributed by atoms with Crippen LogP contribution in [0.3, 0.4) is 0 Å². The van der Waals surface area contributed by atoms with Gasteiger partial charge in [0, 0.05) is 31.5 Å². The molecule has 0 unspecified atom stereocenters. The van der Waals surface area contributed by atoms with Crippen molar-refractivity contribution in [3.8, 4) is 0 Å². The van der Waals surface area contributed by atoms with E-state index in [4.69, 9.17) is 4.52 Å². The molecule has 8 heteroatoms. The maximum absolute atomic E-state index is 12.6. The summed E-state index contributed by atoms with van der Waals surface area (Å²) >= 11 is 0. The minimum atomic E-state index is -0.275. The van der Waals surface area contributed by atoms with Gasteiger partial charge in [-0.05, 0) is 25.3 Å². The van der Waals surface area contributed by atoms with Crippen LogP contribution in [0, 0.1) is 5.92 Å². The van der Waals surface area contributed by atoms with Gasteiger partial charge in [-0.15, -0.1) is 0 Å². The van der Waals surface area contributed by atoms with E-state index in [1.165, 1.54) is 0 Å². The number of hydrogen-bond acceptors (Lipinski definition) is 5. The van der Waals surface area contributed by atoms with Gasteiger partial charge in [-0.25, -0.2) is 0 Å². The minimum Gasteiger partial charge on any atom is -0.361 e. The lowest BCUT2D eigenvalue weighted by atomic mass is 9.84. The van der Waals surface area contributed by atoms with Crippen molar-refractivity contribution >= 4 is 11.8 Å². The predicted octanol–water partition coefficient (Wildman–Crippen LogP) is 1.90. The molecule has 1 aliphatic carbocycles. The molecule has 1 fully saturated rings. The highest BCUT2D eigenvalue weighted by molar-refractivity contribution is 5.92. The quantitative estimate of drug-likeness (QED) is 0.866. The number of nitrogens with zero attached hydrogens (tertiary/aromatic N) is 4. The van der Waals surface area contributed by atoms with E-state index in [1.54, 1.807) is 6.07 Å². The Labute approximate surface area is 157 Å². The Morgan fingerprint density at radius 1 is 1.26 bits per heavy atom. The molecule has 2 aliphatic rings. The molecule has 0 aromatic carbocycles. The topological polar surface area (TPSA) is 93.3 Å². The number of carbonyl (C=O) groups excluding carboxylic acids is 2. The van der Waals surface area contributed by atoms with Crippen molar-refractivity contribution in [2.75, 3.05) is 6.54 Å². The number of carbonyl (C=O) groups is 2. The summed E-state index contributed by atoms with van der Waals surface area (Å²) in [7, 11) is 0. The van der Waals surface area contributed by atoms with Crippen LogP contribution in [0.2, 0.25) is 0 Å². The minimum absolute atomic E-state index is 0.216. The summed E-state index contributed by atoms with van der Waals surface area (Å²) < 4.78 is 7.03. The third-order valence-electron chi connectivity index (χ3n) is 5.40. The highest BCUT2D eigenvalue weighted by Crippen LogP contribution is 2.29. The first-order valence-electron chi connectivity index (χ1n) is 9.72. The monoisotopic (exact) mass is 371 g/mol. The third kappa shape index (κ3) is 3.74. The number of amides is 2.